The van der Waals surface area contributed by atoms with Crippen molar-refractivity contribution in [2.45, 2.75) is 250 Å². The Bertz CT molecular complexity index is 4710. The number of imidazole rings is 1. The van der Waals surface area contributed by atoms with Crippen LogP contribution < -0.4 is 97.0 Å². The van der Waals surface area contributed by atoms with Crippen LogP contribution in [0, 0.1) is 29.1 Å². The maximum atomic E-state index is 14.9. The molecule has 28 N–H and O–H groups in total. The first kappa shape index (κ1) is 109. The number of nitrogens with zero attached hydrogens (tertiary/aromatic N) is 1. The van der Waals surface area contributed by atoms with Gasteiger partial charge in [-0.3, -0.25) is 82.1 Å². The van der Waals surface area contributed by atoms with Gasteiger partial charge in [-0.2, -0.15) is 24.4 Å². The number of thiol groups is 1. The zero-order valence-corrected chi connectivity index (χ0v) is 77.2. The van der Waals surface area contributed by atoms with Crippen LogP contribution in [0.2, 0.25) is 0 Å². The Morgan fingerprint density at radius 1 is 0.458 bits per heavy atom. The number of carbonyl (C=O) groups is 17. The molecular formula is C86H131N23O20S2. The summed E-state index contributed by atoms with van der Waals surface area (Å²) in [6.07, 6.45) is 7.15. The number of carbonyl (C=O) groups excluding carboxylic acids is 14. The number of carboxylic acid groups (broad SMARTS) is 3. The highest BCUT2D eigenvalue weighted by atomic mass is 32.2. The van der Waals surface area contributed by atoms with Gasteiger partial charge in [-0.05, 0) is 111 Å². The van der Waals surface area contributed by atoms with Gasteiger partial charge in [0.05, 0.1) is 25.3 Å². The van der Waals surface area contributed by atoms with Gasteiger partial charge in [-0.15, -0.1) is 0 Å². The SMILES string of the molecule is CC[C@H](C)[C@H](NC(=O)[C@H](Cc1c[nH]c2ccccc12)NC(=O)[C@H](CCC(=O)O)NC(=O)[C@H](CCCNC(=N)N)NC(=O)[C@H](C)NC(=O)[C@H](Cc1cnc[nH]1)NC(=O)[C@@H](NC(=O)CNC(=O)[C@H](CS)NC(=O)[C@H](CC(=O)O)NC(=O)[C@H](CCSC)NC(=O)[C@H](Cc1c[nH]c2ccccc12)NC(=O)[C@@H](NC(=O)[C@@H](NC(=O)[C@@H](N)CCCCN)[C@@H](C)CC)[C@@H](C)CC)[C@@H](C)CC)C(=O)O. The quantitative estimate of drug-likeness (QED) is 0.00946. The fraction of sp³-hybridized carbons (Fsp3) is 0.570. The monoisotopic (exact) mass is 1870 g/mol. The number of thioether (sulfide) groups is 1. The van der Waals surface area contributed by atoms with Crippen LogP contribution in [-0.2, 0) is 101 Å². The average molecular weight is 1870 g/mol. The van der Waals surface area contributed by atoms with Crippen LogP contribution in [0.1, 0.15) is 163 Å². The molecule has 0 bridgehead atoms. The number of benzene rings is 2. The summed E-state index contributed by atoms with van der Waals surface area (Å²) in [5, 5.41) is 77.6. The minimum Gasteiger partial charge on any atom is -0.481 e. The molecule has 14 amide bonds. The average Bonchev–Trinajstić information content (AvgIpc) is 0.920. The molecule has 18 atom stereocenters. The number of aromatic nitrogens is 4. The van der Waals surface area contributed by atoms with Crippen LogP contribution in [0.4, 0.5) is 0 Å². The van der Waals surface area contributed by atoms with Crippen molar-refractivity contribution < 1.29 is 96.8 Å². The summed E-state index contributed by atoms with van der Waals surface area (Å²) in [5.74, 6) is -20.4. The zero-order chi connectivity index (χ0) is 97.3. The predicted octanol–water partition coefficient (Wildman–Crippen LogP) is -1.15. The van der Waals surface area contributed by atoms with Crippen molar-refractivity contribution in [2.24, 2.45) is 40.9 Å². The Morgan fingerprint density at radius 2 is 0.885 bits per heavy atom. The first-order valence-electron chi connectivity index (χ1n) is 43.8. The molecule has 0 aliphatic rings. The molecule has 0 spiro atoms. The van der Waals surface area contributed by atoms with Crippen LogP contribution in [0.15, 0.2) is 73.4 Å². The molecule has 3 aromatic heterocycles. The third-order valence-electron chi connectivity index (χ3n) is 22.7. The van der Waals surface area contributed by atoms with Gasteiger partial charge in [0.15, 0.2) is 5.96 Å². The normalized spacial score (nSPS) is 15.4. The van der Waals surface area contributed by atoms with E-state index in [0.29, 0.717) is 83.7 Å². The molecule has 5 aromatic rings. The van der Waals surface area contributed by atoms with Crippen LogP contribution >= 0.6 is 24.4 Å². The lowest BCUT2D eigenvalue weighted by molar-refractivity contribution is -0.144. The number of para-hydroxylation sites is 2. The number of rotatable bonds is 60. The molecule has 0 saturated carbocycles. The summed E-state index contributed by atoms with van der Waals surface area (Å²) in [7, 11) is 0. The molecule has 2 aromatic carbocycles. The van der Waals surface area contributed by atoms with Crippen molar-refractivity contribution in [3.8, 4) is 0 Å². The molecule has 131 heavy (non-hydrogen) atoms. The summed E-state index contributed by atoms with van der Waals surface area (Å²) in [6, 6.07) is -6.46. The molecule has 722 valence electrons. The Morgan fingerprint density at radius 3 is 1.37 bits per heavy atom. The molecule has 0 aliphatic carbocycles. The highest BCUT2D eigenvalue weighted by Crippen LogP contribution is 2.24. The number of nitrogens with one attached hydrogen (secondary N) is 19. The molecule has 0 saturated heterocycles. The number of fused-ring (bicyclic) bond motifs is 2. The van der Waals surface area contributed by atoms with Crippen LogP contribution in [0.5, 0.6) is 0 Å². The molecule has 0 aliphatic heterocycles. The van der Waals surface area contributed by atoms with Crippen molar-refractivity contribution in [1.29, 1.82) is 5.41 Å². The first-order valence-corrected chi connectivity index (χ1v) is 45.8. The summed E-state index contributed by atoms with van der Waals surface area (Å²) in [4.78, 5) is 250. The van der Waals surface area contributed by atoms with Gasteiger partial charge in [0, 0.05) is 84.1 Å². The van der Waals surface area contributed by atoms with E-state index in [0.717, 1.165) is 0 Å². The molecule has 0 fully saturated rings. The van der Waals surface area contributed by atoms with E-state index in [1.807, 2.05) is 6.92 Å². The fourth-order valence-corrected chi connectivity index (χ4v) is 14.7. The molecule has 0 radical (unpaired) electrons. The van der Waals surface area contributed by atoms with Crippen molar-refractivity contribution in [3.05, 3.63) is 90.3 Å². The van der Waals surface area contributed by atoms with Crippen molar-refractivity contribution >= 4 is 153 Å². The summed E-state index contributed by atoms with van der Waals surface area (Å²) >= 11 is 5.51. The molecule has 0 unspecified atom stereocenters. The predicted molar refractivity (Wildman–Crippen MR) is 492 cm³/mol. The van der Waals surface area contributed by atoms with Gasteiger partial charge in [0.2, 0.25) is 82.7 Å². The van der Waals surface area contributed by atoms with E-state index in [2.05, 4.69) is 112 Å². The minimum atomic E-state index is -1.93. The minimum absolute atomic E-state index is 0.0197. The van der Waals surface area contributed by atoms with E-state index in [1.54, 1.807) is 116 Å². The van der Waals surface area contributed by atoms with E-state index >= 15 is 0 Å². The topological polar surface area (TPSA) is 693 Å². The summed E-state index contributed by atoms with van der Waals surface area (Å²) in [5.41, 5.74) is 20.1. The van der Waals surface area contributed by atoms with Gasteiger partial charge in [0.1, 0.15) is 78.5 Å². The Kier molecular flexibility index (Phi) is 46.3. The highest BCUT2D eigenvalue weighted by molar-refractivity contribution is 7.98. The Labute approximate surface area is 769 Å². The van der Waals surface area contributed by atoms with E-state index < -0.39 is 246 Å². The van der Waals surface area contributed by atoms with Crippen molar-refractivity contribution in [3.63, 3.8) is 0 Å². The standard InChI is InChI=1S/C86H131N23O20S2/c1-11-44(5)68(82(125)104-62(36-51-40-91-43-96-51)78(121)97-48(9)72(115)98-57(27-21-32-92-86(89)90)75(118)99-58(28-29-66(111)112)76(119)101-61(81(124)109-71(85(128)129)47(8)14-4)35-50-39-94-56-26-18-16-23-53(50)56)106-65(110)41-95-74(117)64(42-130)105-80(123)63(37-67(113)114)102-77(120)59(30-33-131-10)100-79(122)60(34-49-38-93-55-25-17-15-22-52(49)55)103-83(126)69(45(6)12-2)108-84(127)70(46(7)13-3)107-73(116)54(88)24-19-20-31-87/h15-18,22-23,25-26,38-40,43-48,54,57-64,68-71,93-94,130H,11-14,19-21,24,27-37,41-42,87-88H2,1-10H3,(H,91,96)(H,95,117)(H,97,121)(H,98,115)(H,99,118)(H,100,122)(H,101,119)(H,102,120)(H,103,126)(H,104,125)(H,105,123)(H,106,110)(H,107,116)(H,108,127)(H,109,124)(H,111,112)(H,113,114)(H,128,129)(H4,89,90,92)/t44-,45-,46-,47-,48-,54-,57-,58-,59-,60-,61-,62-,63-,64-,68-,69-,70-,71-/m0/s1. The number of hydrogen-bond donors (Lipinski definition) is 26. The largest absolute Gasteiger partial charge is 0.481 e. The summed E-state index contributed by atoms with van der Waals surface area (Å²) < 4.78 is 0. The number of nitrogens with two attached hydrogens (primary N) is 3. The second-order valence-electron chi connectivity index (χ2n) is 32.6. The number of guanidine groups is 1. The highest BCUT2D eigenvalue weighted by Gasteiger charge is 2.40. The third kappa shape index (κ3) is 35.4. The van der Waals surface area contributed by atoms with E-state index in [1.165, 1.54) is 31.2 Å². The maximum Gasteiger partial charge on any atom is 0.326 e. The van der Waals surface area contributed by atoms with Gasteiger partial charge < -0.3 is 127 Å². The van der Waals surface area contributed by atoms with Gasteiger partial charge in [-0.25, -0.2) is 9.78 Å². The lowest BCUT2D eigenvalue weighted by atomic mass is 9.94. The van der Waals surface area contributed by atoms with Crippen molar-refractivity contribution in [1.82, 2.24) is 99.7 Å². The molecule has 5 rings (SSSR count). The molecule has 3 heterocycles. The number of carboxylic acids is 3. The smallest absolute Gasteiger partial charge is 0.326 e. The molecule has 45 heteroatoms. The van der Waals surface area contributed by atoms with E-state index in [-0.39, 0.29) is 57.2 Å². The van der Waals surface area contributed by atoms with E-state index in [9.17, 15) is 96.8 Å². The number of amides is 14. The number of aromatic amines is 3. The van der Waals surface area contributed by atoms with Crippen molar-refractivity contribution in [2.75, 3.05) is 37.4 Å². The van der Waals surface area contributed by atoms with Gasteiger partial charge >= 0.3 is 17.9 Å². The second kappa shape index (κ2) is 55.6. The van der Waals surface area contributed by atoms with Crippen LogP contribution in [0.3, 0.4) is 0 Å². The van der Waals surface area contributed by atoms with Crippen LogP contribution in [0.25, 0.3) is 21.8 Å². The van der Waals surface area contributed by atoms with E-state index in [4.69, 9.17) is 22.6 Å². The van der Waals surface area contributed by atoms with Crippen LogP contribution in [-0.4, -0.2) is 264 Å². The number of unbranched alkanes of at least 4 members (excludes halogenated alkanes) is 1. The number of hydrogen-bond acceptors (Lipinski definition) is 23. The van der Waals surface area contributed by atoms with Gasteiger partial charge in [-0.1, -0.05) is 124 Å². The number of H-pyrrole nitrogens is 3. The summed E-state index contributed by atoms with van der Waals surface area (Å²) in [6.45, 7) is 14.5. The fourth-order valence-electron chi connectivity index (χ4n) is 14.0. The Balaban J connectivity index is 1.31. The maximum absolute atomic E-state index is 14.9. The first-order chi connectivity index (χ1) is 62.2. The Hall–Kier alpha value is -12.4. The number of aliphatic carboxylic acids is 3. The molecular weight excluding hydrogens is 1740 g/mol. The third-order valence-corrected chi connectivity index (χ3v) is 23.7. The lowest BCUT2D eigenvalue weighted by Gasteiger charge is -2.31. The zero-order valence-electron chi connectivity index (χ0n) is 75.5. The van der Waals surface area contributed by atoms with Gasteiger partial charge in [0.25, 0.3) is 0 Å². The molecule has 43 nitrogen and oxygen atoms in total. The second-order valence-corrected chi connectivity index (χ2v) is 33.9. The lowest BCUT2D eigenvalue weighted by Crippen LogP contribution is -2.62.